The normalized spacial score (nSPS) is 18.7. The molecule has 6 nitrogen and oxygen atoms in total. The fraction of sp³-hybridized carbons (Fsp3) is 0.348. The van der Waals surface area contributed by atoms with Gasteiger partial charge < -0.3 is 19.9 Å². The van der Waals surface area contributed by atoms with Crippen LogP contribution in [0, 0.1) is 20.8 Å². The number of aromatic nitrogens is 3. The summed E-state index contributed by atoms with van der Waals surface area (Å²) in [7, 11) is 0. The van der Waals surface area contributed by atoms with Gasteiger partial charge in [0.15, 0.2) is 5.11 Å². The maximum Gasteiger partial charge on any atom is 0.170 e. The van der Waals surface area contributed by atoms with E-state index in [2.05, 4.69) is 56.8 Å². The molecular weight excluding hydrogens is 394 g/mol. The van der Waals surface area contributed by atoms with E-state index in [9.17, 15) is 5.11 Å². The topological polar surface area (TPSA) is 66.2 Å². The molecule has 2 N–H and O–H groups in total. The molecule has 0 aliphatic carbocycles. The Morgan fingerprint density at radius 1 is 1.13 bits per heavy atom. The van der Waals surface area contributed by atoms with Crippen LogP contribution in [-0.2, 0) is 0 Å². The van der Waals surface area contributed by atoms with E-state index in [0.29, 0.717) is 18.1 Å². The molecule has 0 radical (unpaired) electrons. The summed E-state index contributed by atoms with van der Waals surface area (Å²) in [5.41, 5.74) is 5.54. The molecule has 1 aliphatic heterocycles. The van der Waals surface area contributed by atoms with Gasteiger partial charge in [-0.05, 0) is 74.8 Å². The quantitative estimate of drug-likeness (QED) is 0.594. The van der Waals surface area contributed by atoms with Gasteiger partial charge in [-0.3, -0.25) is 4.98 Å². The molecule has 3 aromatic rings. The largest absolute Gasteiger partial charge is 0.396 e. The third kappa shape index (κ3) is 3.70. The van der Waals surface area contributed by atoms with E-state index in [0.717, 1.165) is 28.5 Å². The Labute approximate surface area is 182 Å². The zero-order valence-corrected chi connectivity index (χ0v) is 18.4. The van der Waals surface area contributed by atoms with Crippen LogP contribution in [0.1, 0.15) is 46.7 Å². The lowest BCUT2D eigenvalue weighted by Crippen LogP contribution is -2.31. The van der Waals surface area contributed by atoms with Crippen molar-refractivity contribution in [2.75, 3.05) is 13.2 Å². The van der Waals surface area contributed by atoms with E-state index < -0.39 is 0 Å². The van der Waals surface area contributed by atoms with Crippen molar-refractivity contribution in [3.63, 3.8) is 0 Å². The first kappa shape index (κ1) is 20.5. The lowest BCUT2D eigenvalue weighted by Gasteiger charge is -2.28. The number of hydrogen-bond donors (Lipinski definition) is 2. The molecule has 1 aliphatic rings. The maximum atomic E-state index is 9.41. The second-order valence-electron chi connectivity index (χ2n) is 7.75. The highest BCUT2D eigenvalue weighted by Crippen LogP contribution is 2.41. The van der Waals surface area contributed by atoms with Gasteiger partial charge in [-0.1, -0.05) is 12.1 Å². The van der Waals surface area contributed by atoms with Gasteiger partial charge in [-0.15, -0.1) is 0 Å². The minimum Gasteiger partial charge on any atom is -0.396 e. The van der Waals surface area contributed by atoms with E-state index in [1.54, 1.807) is 0 Å². The minimum atomic E-state index is -0.0580. The fourth-order valence-electron chi connectivity index (χ4n) is 4.26. The predicted octanol–water partition coefficient (Wildman–Crippen LogP) is 3.55. The zero-order valence-electron chi connectivity index (χ0n) is 17.5. The number of nitrogens with one attached hydrogen (secondary N) is 1. The summed E-state index contributed by atoms with van der Waals surface area (Å²) in [6.07, 6.45) is 4.36. The van der Waals surface area contributed by atoms with Crippen LogP contribution in [0.5, 0.6) is 0 Å². The van der Waals surface area contributed by atoms with E-state index >= 15 is 0 Å². The van der Waals surface area contributed by atoms with Crippen LogP contribution in [0.25, 0.3) is 5.82 Å². The lowest BCUT2D eigenvalue weighted by atomic mass is 9.96. The van der Waals surface area contributed by atoms with Gasteiger partial charge in [0.25, 0.3) is 0 Å². The summed E-state index contributed by atoms with van der Waals surface area (Å²) < 4.78 is 2.19. The molecular formula is C23H27N5OS. The highest BCUT2D eigenvalue weighted by Gasteiger charge is 2.41. The van der Waals surface area contributed by atoms with Gasteiger partial charge in [0.1, 0.15) is 5.82 Å². The van der Waals surface area contributed by atoms with Crippen molar-refractivity contribution in [3.05, 3.63) is 77.0 Å². The summed E-state index contributed by atoms with van der Waals surface area (Å²) in [5.74, 6) is 0.909. The monoisotopic (exact) mass is 421 g/mol. The Balaban J connectivity index is 1.81. The summed E-state index contributed by atoms with van der Waals surface area (Å²) >= 11 is 5.68. The second kappa shape index (κ2) is 8.53. The Bertz CT molecular complexity index is 1030. The molecule has 0 bridgehead atoms. The van der Waals surface area contributed by atoms with Crippen molar-refractivity contribution in [2.45, 2.75) is 39.3 Å². The molecule has 4 rings (SSSR count). The van der Waals surface area contributed by atoms with Crippen molar-refractivity contribution in [2.24, 2.45) is 0 Å². The van der Waals surface area contributed by atoms with Crippen molar-refractivity contribution < 1.29 is 5.11 Å². The highest BCUT2D eigenvalue weighted by molar-refractivity contribution is 7.80. The average molecular weight is 422 g/mol. The molecule has 1 saturated heterocycles. The minimum absolute atomic E-state index is 0.00986. The first-order valence-electron chi connectivity index (χ1n) is 10.2. The first-order chi connectivity index (χ1) is 14.5. The lowest BCUT2D eigenvalue weighted by molar-refractivity contribution is 0.247. The molecule has 2 atom stereocenters. The summed E-state index contributed by atoms with van der Waals surface area (Å²) in [6, 6.07) is 12.2. The third-order valence-corrected chi connectivity index (χ3v) is 6.02. The van der Waals surface area contributed by atoms with Gasteiger partial charge in [0.05, 0.1) is 17.8 Å². The van der Waals surface area contributed by atoms with Crippen LogP contribution in [0.2, 0.25) is 0 Å². The number of nitrogens with zero attached hydrogens (tertiary/aromatic N) is 4. The number of thiocarbonyl (C=S) groups is 1. The molecule has 0 saturated carbocycles. The summed E-state index contributed by atoms with van der Waals surface area (Å²) in [6.45, 7) is 7.09. The molecule has 0 unspecified atom stereocenters. The van der Waals surface area contributed by atoms with Crippen LogP contribution in [0.15, 0.2) is 48.8 Å². The van der Waals surface area contributed by atoms with E-state index in [1.807, 2.05) is 37.5 Å². The summed E-state index contributed by atoms with van der Waals surface area (Å²) in [5, 5.41) is 13.6. The van der Waals surface area contributed by atoms with Crippen LogP contribution in [0.3, 0.4) is 0 Å². The number of aliphatic hydroxyl groups excluding tert-OH is 1. The maximum absolute atomic E-state index is 9.41. The van der Waals surface area contributed by atoms with Crippen LogP contribution in [0.4, 0.5) is 0 Å². The molecule has 0 amide bonds. The standard InChI is InChI=1S/C23H27N5OS/c1-15-8-9-20(25-14-15)28-16(2)13-18(17(28)3)22-21(19-7-4-5-10-24-19)26-23(30)27(22)11-6-12-29/h4-5,7-10,13-14,21-22,29H,6,11-12H2,1-3H3,(H,26,30)/t21-,22+/m1/s1. The second-order valence-corrected chi connectivity index (χ2v) is 8.14. The number of aliphatic hydroxyl groups is 1. The van der Waals surface area contributed by atoms with Crippen LogP contribution in [-0.4, -0.2) is 42.8 Å². The van der Waals surface area contributed by atoms with E-state index in [1.165, 1.54) is 5.56 Å². The van der Waals surface area contributed by atoms with Gasteiger partial charge in [-0.2, -0.15) is 0 Å². The molecule has 156 valence electrons. The smallest absolute Gasteiger partial charge is 0.170 e. The van der Waals surface area contributed by atoms with E-state index in [4.69, 9.17) is 12.2 Å². The summed E-state index contributed by atoms with van der Waals surface area (Å²) in [4.78, 5) is 11.4. The molecule has 3 aromatic heterocycles. The number of aryl methyl sites for hydroxylation is 2. The SMILES string of the molecule is Cc1ccc(-n2c(C)cc([C@H]3[C@@H](c4ccccn4)NC(=S)N3CCCO)c2C)nc1. The molecule has 7 heteroatoms. The van der Waals surface area contributed by atoms with Crippen molar-refractivity contribution in [1.82, 2.24) is 24.8 Å². The molecule has 0 aromatic carbocycles. The van der Waals surface area contributed by atoms with Crippen molar-refractivity contribution >= 4 is 17.3 Å². The fourth-order valence-corrected chi connectivity index (χ4v) is 4.59. The van der Waals surface area contributed by atoms with E-state index in [-0.39, 0.29) is 18.7 Å². The average Bonchev–Trinajstić information content (AvgIpc) is 3.23. The number of hydrogen-bond acceptors (Lipinski definition) is 4. The Kier molecular flexibility index (Phi) is 5.83. The Morgan fingerprint density at radius 2 is 1.97 bits per heavy atom. The number of pyridine rings is 2. The molecule has 1 fully saturated rings. The van der Waals surface area contributed by atoms with Crippen molar-refractivity contribution in [3.8, 4) is 5.82 Å². The Hall–Kier alpha value is -2.77. The molecule has 4 heterocycles. The zero-order chi connectivity index (χ0) is 21.3. The van der Waals surface area contributed by atoms with Crippen LogP contribution < -0.4 is 5.32 Å². The van der Waals surface area contributed by atoms with Gasteiger partial charge in [0, 0.05) is 36.9 Å². The van der Waals surface area contributed by atoms with Crippen LogP contribution >= 0.6 is 12.2 Å². The molecule has 0 spiro atoms. The van der Waals surface area contributed by atoms with Crippen molar-refractivity contribution in [1.29, 1.82) is 0 Å². The Morgan fingerprint density at radius 3 is 2.63 bits per heavy atom. The molecule has 30 heavy (non-hydrogen) atoms. The first-order valence-corrected chi connectivity index (χ1v) is 10.6. The van der Waals surface area contributed by atoms with Gasteiger partial charge in [0.2, 0.25) is 0 Å². The number of rotatable bonds is 6. The highest BCUT2D eigenvalue weighted by atomic mass is 32.1. The van der Waals surface area contributed by atoms with Gasteiger partial charge in [-0.25, -0.2) is 4.98 Å². The van der Waals surface area contributed by atoms with Gasteiger partial charge >= 0.3 is 0 Å². The third-order valence-electron chi connectivity index (χ3n) is 5.67. The predicted molar refractivity (Wildman–Crippen MR) is 122 cm³/mol.